The molecule has 18 heavy (non-hydrogen) atoms. The van der Waals surface area contributed by atoms with Gasteiger partial charge in [0.2, 0.25) is 0 Å². The highest BCUT2D eigenvalue weighted by Crippen LogP contribution is 2.41. The lowest BCUT2D eigenvalue weighted by molar-refractivity contribution is 0.391. The van der Waals surface area contributed by atoms with Crippen molar-refractivity contribution in [3.63, 3.8) is 0 Å². The average Bonchev–Trinajstić information content (AvgIpc) is 3.06. The third-order valence-electron chi connectivity index (χ3n) is 3.49. The lowest BCUT2D eigenvalue weighted by atomic mass is 10.2. The van der Waals surface area contributed by atoms with Crippen LogP contribution in [0, 0.1) is 13.8 Å². The molecule has 1 aliphatic rings. The van der Waals surface area contributed by atoms with Crippen molar-refractivity contribution in [1.82, 2.24) is 20.2 Å². The molecule has 6 nitrogen and oxygen atoms in total. The minimum Gasteiger partial charge on any atom is -0.361 e. The van der Waals surface area contributed by atoms with Gasteiger partial charge in [-0.3, -0.25) is 0 Å². The second-order valence-corrected chi connectivity index (χ2v) is 4.86. The lowest BCUT2D eigenvalue weighted by Crippen LogP contribution is -2.09. The van der Waals surface area contributed by atoms with E-state index in [0.29, 0.717) is 19.0 Å². The highest BCUT2D eigenvalue weighted by molar-refractivity contribution is 5.25. The van der Waals surface area contributed by atoms with Gasteiger partial charge in [-0.15, -0.1) is 5.10 Å². The van der Waals surface area contributed by atoms with Gasteiger partial charge in [-0.05, 0) is 26.7 Å². The van der Waals surface area contributed by atoms with Crippen LogP contribution in [0.1, 0.15) is 47.2 Å². The fourth-order valence-electron chi connectivity index (χ4n) is 2.30. The Bertz CT molecular complexity index is 548. The largest absolute Gasteiger partial charge is 0.361 e. The van der Waals surface area contributed by atoms with Crippen molar-refractivity contribution in [3.05, 3.63) is 28.4 Å². The van der Waals surface area contributed by atoms with E-state index in [0.717, 1.165) is 22.7 Å². The molecule has 2 heterocycles. The first-order valence-electron chi connectivity index (χ1n) is 6.24. The summed E-state index contributed by atoms with van der Waals surface area (Å²) in [5, 5.41) is 12.4. The Hall–Kier alpha value is -1.69. The molecular weight excluding hydrogens is 230 g/mol. The summed E-state index contributed by atoms with van der Waals surface area (Å²) < 4.78 is 7.13. The van der Waals surface area contributed by atoms with Crippen molar-refractivity contribution >= 4 is 0 Å². The molecule has 1 fully saturated rings. The third kappa shape index (κ3) is 1.82. The number of nitrogens with two attached hydrogens (primary N) is 1. The summed E-state index contributed by atoms with van der Waals surface area (Å²) in [5.41, 5.74) is 9.83. The van der Waals surface area contributed by atoms with Crippen LogP contribution in [0.5, 0.6) is 0 Å². The molecule has 0 bridgehead atoms. The first kappa shape index (κ1) is 11.4. The van der Waals surface area contributed by atoms with Crippen LogP contribution in [0.15, 0.2) is 4.52 Å². The van der Waals surface area contributed by atoms with Crippen molar-refractivity contribution < 1.29 is 4.52 Å². The number of nitrogens with zero attached hydrogens (tertiary/aromatic N) is 4. The molecule has 0 radical (unpaired) electrons. The molecule has 0 unspecified atom stereocenters. The average molecular weight is 247 g/mol. The van der Waals surface area contributed by atoms with Crippen LogP contribution in [0.25, 0.3) is 0 Å². The van der Waals surface area contributed by atoms with Crippen LogP contribution in [-0.2, 0) is 13.1 Å². The maximum atomic E-state index is 5.72. The second kappa shape index (κ2) is 4.20. The first-order valence-corrected chi connectivity index (χ1v) is 6.24. The fourth-order valence-corrected chi connectivity index (χ4v) is 2.30. The van der Waals surface area contributed by atoms with Crippen molar-refractivity contribution in [1.29, 1.82) is 0 Å². The van der Waals surface area contributed by atoms with Gasteiger partial charge in [0.05, 0.1) is 23.6 Å². The Balaban J connectivity index is 1.95. The van der Waals surface area contributed by atoms with Crippen LogP contribution in [-0.4, -0.2) is 20.2 Å². The Morgan fingerprint density at radius 1 is 1.39 bits per heavy atom. The highest BCUT2D eigenvalue weighted by atomic mass is 16.5. The molecule has 1 aliphatic carbocycles. The van der Waals surface area contributed by atoms with Gasteiger partial charge in [0.25, 0.3) is 0 Å². The Morgan fingerprint density at radius 3 is 2.72 bits per heavy atom. The molecule has 2 aromatic heterocycles. The summed E-state index contributed by atoms with van der Waals surface area (Å²) in [6.07, 6.45) is 2.42. The van der Waals surface area contributed by atoms with E-state index in [-0.39, 0.29) is 0 Å². The van der Waals surface area contributed by atoms with Crippen molar-refractivity contribution in [2.45, 2.75) is 45.7 Å². The topological polar surface area (TPSA) is 82.8 Å². The number of hydrogen-bond acceptors (Lipinski definition) is 5. The van der Waals surface area contributed by atoms with E-state index in [4.69, 9.17) is 10.3 Å². The Morgan fingerprint density at radius 2 is 2.17 bits per heavy atom. The van der Waals surface area contributed by atoms with E-state index >= 15 is 0 Å². The summed E-state index contributed by atoms with van der Waals surface area (Å²) in [4.78, 5) is 0. The van der Waals surface area contributed by atoms with E-state index in [1.807, 2.05) is 18.5 Å². The molecule has 96 valence electrons. The van der Waals surface area contributed by atoms with Crippen molar-refractivity contribution in [2.24, 2.45) is 5.73 Å². The molecule has 6 heteroatoms. The molecule has 0 aromatic carbocycles. The number of hydrogen-bond donors (Lipinski definition) is 1. The highest BCUT2D eigenvalue weighted by Gasteiger charge is 2.31. The predicted molar refractivity (Wildman–Crippen MR) is 65.0 cm³/mol. The van der Waals surface area contributed by atoms with E-state index in [2.05, 4.69) is 15.5 Å². The van der Waals surface area contributed by atoms with Gasteiger partial charge in [0.1, 0.15) is 5.76 Å². The molecule has 0 spiro atoms. The molecule has 1 saturated carbocycles. The minimum atomic E-state index is 0.452. The minimum absolute atomic E-state index is 0.452. The smallest absolute Gasteiger partial charge is 0.138 e. The second-order valence-electron chi connectivity index (χ2n) is 4.86. The van der Waals surface area contributed by atoms with Gasteiger partial charge in [-0.2, -0.15) is 0 Å². The number of rotatable bonds is 4. The summed E-state index contributed by atoms with van der Waals surface area (Å²) in [5.74, 6) is 1.43. The quantitative estimate of drug-likeness (QED) is 0.879. The monoisotopic (exact) mass is 247 g/mol. The molecule has 2 aromatic rings. The third-order valence-corrected chi connectivity index (χ3v) is 3.49. The predicted octanol–water partition coefficient (Wildman–Crippen LogP) is 1.27. The van der Waals surface area contributed by atoms with Crippen molar-refractivity contribution in [3.8, 4) is 0 Å². The molecule has 3 rings (SSSR count). The van der Waals surface area contributed by atoms with Crippen molar-refractivity contribution in [2.75, 3.05) is 0 Å². The zero-order chi connectivity index (χ0) is 12.7. The maximum absolute atomic E-state index is 5.72. The van der Waals surface area contributed by atoms with Gasteiger partial charge in [0.15, 0.2) is 0 Å². The van der Waals surface area contributed by atoms with Crippen LogP contribution in [0.2, 0.25) is 0 Å². The van der Waals surface area contributed by atoms with Crippen LogP contribution in [0.3, 0.4) is 0 Å². The first-order chi connectivity index (χ1) is 8.70. The van der Waals surface area contributed by atoms with E-state index in [1.165, 1.54) is 18.5 Å². The summed E-state index contributed by atoms with van der Waals surface area (Å²) in [7, 11) is 0. The van der Waals surface area contributed by atoms with Crippen LogP contribution >= 0.6 is 0 Å². The Kier molecular flexibility index (Phi) is 2.66. The summed E-state index contributed by atoms with van der Waals surface area (Å²) in [6.45, 7) is 4.99. The van der Waals surface area contributed by atoms with Gasteiger partial charge in [-0.1, -0.05) is 10.4 Å². The summed E-state index contributed by atoms with van der Waals surface area (Å²) in [6, 6.07) is 0. The summed E-state index contributed by atoms with van der Waals surface area (Å²) >= 11 is 0. The van der Waals surface area contributed by atoms with Gasteiger partial charge in [-0.25, -0.2) is 4.68 Å². The zero-order valence-corrected chi connectivity index (χ0v) is 10.7. The number of aromatic nitrogens is 4. The van der Waals surface area contributed by atoms with E-state index in [1.54, 1.807) is 0 Å². The molecule has 0 amide bonds. The normalized spacial score (nSPS) is 15.3. The van der Waals surface area contributed by atoms with Crippen LogP contribution < -0.4 is 5.73 Å². The molecule has 0 aliphatic heterocycles. The van der Waals surface area contributed by atoms with Crippen LogP contribution in [0.4, 0.5) is 0 Å². The Labute approximate surface area is 105 Å². The molecular formula is C12H17N5O. The van der Waals surface area contributed by atoms with E-state index in [9.17, 15) is 0 Å². The van der Waals surface area contributed by atoms with Gasteiger partial charge < -0.3 is 10.3 Å². The molecule has 2 N–H and O–H groups in total. The van der Waals surface area contributed by atoms with Gasteiger partial charge in [0, 0.05) is 18.0 Å². The molecule has 0 saturated heterocycles. The zero-order valence-electron chi connectivity index (χ0n) is 10.7. The van der Waals surface area contributed by atoms with Gasteiger partial charge >= 0.3 is 0 Å². The number of aryl methyl sites for hydroxylation is 2. The lowest BCUT2D eigenvalue weighted by Gasteiger charge is -2.06. The van der Waals surface area contributed by atoms with E-state index < -0.39 is 0 Å². The SMILES string of the molecule is Cc1noc(C)c1Cn1nnc(CN)c1C1CC1. The fraction of sp³-hybridized carbons (Fsp3) is 0.583. The maximum Gasteiger partial charge on any atom is 0.138 e. The standard InChI is InChI=1S/C12H17N5O/c1-7-10(8(2)18-15-7)6-17-12(9-3-4-9)11(5-13)14-16-17/h9H,3-6,13H2,1-2H3. The molecule has 0 atom stereocenters.